The van der Waals surface area contributed by atoms with E-state index < -0.39 is 6.04 Å². The summed E-state index contributed by atoms with van der Waals surface area (Å²) in [5.74, 6) is 0.597. The van der Waals surface area contributed by atoms with Gasteiger partial charge in [0.05, 0.1) is 0 Å². The first kappa shape index (κ1) is 12.1. The Morgan fingerprint density at radius 1 is 1.80 bits per heavy atom. The van der Waals surface area contributed by atoms with Crippen molar-refractivity contribution in [3.8, 4) is 0 Å². The Balaban J connectivity index is 2.73. The van der Waals surface area contributed by atoms with E-state index in [1.165, 1.54) is 0 Å². The number of hydrogen-bond donors (Lipinski definition) is 2. The number of nitrogens with zero attached hydrogens (tertiary/aromatic N) is 2. The zero-order valence-electron chi connectivity index (χ0n) is 8.31. The Hall–Kier alpha value is -0.950. The maximum absolute atomic E-state index is 10.7. The van der Waals surface area contributed by atoms with Gasteiger partial charge in [-0.15, -0.1) is 0 Å². The molecule has 2 atom stereocenters. The molecule has 0 fully saturated rings. The Bertz CT molecular complexity index is 304. The minimum absolute atomic E-state index is 0.311. The molecule has 6 nitrogen and oxygen atoms in total. The van der Waals surface area contributed by atoms with Crippen molar-refractivity contribution >= 4 is 15.9 Å². The van der Waals surface area contributed by atoms with Gasteiger partial charge in [-0.2, -0.15) is 0 Å². The van der Waals surface area contributed by atoms with Crippen LogP contribution in [0, 0.1) is 10.1 Å². The lowest BCUT2D eigenvalue weighted by Gasteiger charge is -2.16. The fraction of sp³-hybridized carbons (Fsp3) is 0.625. The van der Waals surface area contributed by atoms with Crippen molar-refractivity contribution in [1.82, 2.24) is 15.3 Å². The summed E-state index contributed by atoms with van der Waals surface area (Å²) in [4.78, 5) is 17.3. The lowest BCUT2D eigenvalue weighted by atomic mass is 10.1. The first-order valence-electron chi connectivity index (χ1n) is 4.59. The fourth-order valence-corrected chi connectivity index (χ4v) is 1.50. The second-order valence-electron chi connectivity index (χ2n) is 3.12. The van der Waals surface area contributed by atoms with Crippen molar-refractivity contribution in [2.24, 2.45) is 0 Å². The molecule has 1 aromatic rings. The van der Waals surface area contributed by atoms with E-state index in [9.17, 15) is 10.1 Å². The smallest absolute Gasteiger partial charge is 0.232 e. The van der Waals surface area contributed by atoms with Crippen LogP contribution in [0.2, 0.25) is 0 Å². The number of rotatable bonds is 6. The Morgan fingerprint density at radius 2 is 2.53 bits per heavy atom. The third-order valence-electron chi connectivity index (χ3n) is 2.09. The van der Waals surface area contributed by atoms with Crippen molar-refractivity contribution in [3.05, 3.63) is 28.3 Å². The summed E-state index contributed by atoms with van der Waals surface area (Å²) < 4.78 is 0. The van der Waals surface area contributed by atoms with Gasteiger partial charge >= 0.3 is 0 Å². The number of H-pyrrole nitrogens is 1. The molecule has 0 bridgehead atoms. The molecular formula is C8H13BrN4O2. The topological polar surface area (TPSA) is 83.8 Å². The highest BCUT2D eigenvalue weighted by Gasteiger charge is 2.29. The van der Waals surface area contributed by atoms with Gasteiger partial charge in [0.15, 0.2) is 0 Å². The van der Waals surface area contributed by atoms with Gasteiger partial charge in [-0.25, -0.2) is 4.98 Å². The third-order valence-corrected chi connectivity index (χ3v) is 2.48. The number of alkyl halides is 1. The Kier molecular flexibility index (Phi) is 4.70. The van der Waals surface area contributed by atoms with Crippen LogP contribution in [0.3, 0.4) is 0 Å². The van der Waals surface area contributed by atoms with Gasteiger partial charge in [0, 0.05) is 36.1 Å². The van der Waals surface area contributed by atoms with Gasteiger partial charge in [0.2, 0.25) is 6.04 Å². The van der Waals surface area contributed by atoms with Gasteiger partial charge in [-0.05, 0) is 0 Å². The van der Waals surface area contributed by atoms with Crippen molar-refractivity contribution in [2.45, 2.75) is 19.0 Å². The second-order valence-corrected chi connectivity index (χ2v) is 3.91. The van der Waals surface area contributed by atoms with Crippen LogP contribution in [0.5, 0.6) is 0 Å². The molecule has 2 unspecified atom stereocenters. The first-order valence-corrected chi connectivity index (χ1v) is 5.71. The Morgan fingerprint density at radius 3 is 3.00 bits per heavy atom. The summed E-state index contributed by atoms with van der Waals surface area (Å²) in [6.07, 6.45) is 3.25. The molecule has 1 rings (SSSR count). The van der Waals surface area contributed by atoms with E-state index in [1.54, 1.807) is 19.3 Å². The minimum Gasteiger partial charge on any atom is -0.347 e. The van der Waals surface area contributed by atoms with E-state index in [2.05, 4.69) is 31.2 Å². The zero-order valence-corrected chi connectivity index (χ0v) is 9.90. The fourth-order valence-electron chi connectivity index (χ4n) is 1.28. The summed E-state index contributed by atoms with van der Waals surface area (Å²) in [6.45, 7) is 2.22. The first-order chi connectivity index (χ1) is 7.16. The van der Waals surface area contributed by atoms with Crippen molar-refractivity contribution in [3.63, 3.8) is 0 Å². The quantitative estimate of drug-likeness (QED) is 0.463. The molecule has 0 spiro atoms. The molecule has 0 aromatic carbocycles. The zero-order chi connectivity index (χ0) is 11.3. The summed E-state index contributed by atoms with van der Waals surface area (Å²) >= 11 is 3.26. The highest BCUT2D eigenvalue weighted by molar-refractivity contribution is 9.09. The molecule has 0 saturated heterocycles. The molecule has 0 amide bonds. The molecule has 0 aliphatic rings. The largest absolute Gasteiger partial charge is 0.347 e. The molecule has 0 saturated carbocycles. The van der Waals surface area contributed by atoms with Crippen LogP contribution < -0.4 is 5.32 Å². The molecule has 0 radical (unpaired) electrons. The predicted octanol–water partition coefficient (Wildman–Crippen LogP) is 1.10. The van der Waals surface area contributed by atoms with Gasteiger partial charge in [-0.3, -0.25) is 10.1 Å². The number of hydrogen-bond acceptors (Lipinski definition) is 4. The third kappa shape index (κ3) is 3.28. The van der Waals surface area contributed by atoms with E-state index in [0.717, 1.165) is 5.33 Å². The maximum atomic E-state index is 10.7. The van der Waals surface area contributed by atoms with Gasteiger partial charge in [-0.1, -0.05) is 15.9 Å². The number of imidazole rings is 1. The number of aromatic nitrogens is 2. The number of aromatic amines is 1. The average Bonchev–Trinajstić information content (AvgIpc) is 2.71. The summed E-state index contributed by atoms with van der Waals surface area (Å²) in [5.41, 5.74) is 0. The van der Waals surface area contributed by atoms with E-state index in [0.29, 0.717) is 12.4 Å². The van der Waals surface area contributed by atoms with Gasteiger partial charge in [0.1, 0.15) is 11.9 Å². The molecule has 84 valence electrons. The number of nitrogens with one attached hydrogen (secondary N) is 2. The van der Waals surface area contributed by atoms with Crippen LogP contribution in [-0.2, 0) is 0 Å². The van der Waals surface area contributed by atoms with Crippen LogP contribution in [0.15, 0.2) is 12.4 Å². The Labute approximate surface area is 95.8 Å². The SMILES string of the molecule is CC(C(NCCBr)c1ncc[nH]1)[N+](=O)[O-]. The summed E-state index contributed by atoms with van der Waals surface area (Å²) in [6, 6.07) is -1.09. The van der Waals surface area contributed by atoms with Crippen LogP contribution >= 0.6 is 15.9 Å². The van der Waals surface area contributed by atoms with Gasteiger partial charge < -0.3 is 10.3 Å². The minimum atomic E-state index is -0.713. The van der Waals surface area contributed by atoms with E-state index in [4.69, 9.17) is 0 Å². The molecule has 7 heteroatoms. The molecule has 2 N–H and O–H groups in total. The predicted molar refractivity (Wildman–Crippen MR) is 59.6 cm³/mol. The normalized spacial score (nSPS) is 14.8. The second kappa shape index (κ2) is 5.82. The highest BCUT2D eigenvalue weighted by Crippen LogP contribution is 2.14. The summed E-state index contributed by atoms with van der Waals surface area (Å²) in [5, 5.41) is 14.5. The van der Waals surface area contributed by atoms with E-state index >= 15 is 0 Å². The van der Waals surface area contributed by atoms with Crippen LogP contribution in [0.1, 0.15) is 18.8 Å². The van der Waals surface area contributed by atoms with Crippen molar-refractivity contribution in [1.29, 1.82) is 0 Å². The van der Waals surface area contributed by atoms with E-state index in [-0.39, 0.29) is 11.0 Å². The van der Waals surface area contributed by atoms with Crippen LogP contribution in [0.4, 0.5) is 0 Å². The standard InChI is InChI=1S/C8H13BrN4O2/c1-6(13(14)15)7(10-3-2-9)8-11-4-5-12-8/h4-7,10H,2-3H2,1H3,(H,11,12). The maximum Gasteiger partial charge on any atom is 0.232 e. The lowest BCUT2D eigenvalue weighted by Crippen LogP contribution is -2.36. The molecule has 15 heavy (non-hydrogen) atoms. The monoisotopic (exact) mass is 276 g/mol. The van der Waals surface area contributed by atoms with Gasteiger partial charge in [0.25, 0.3) is 0 Å². The number of halogens is 1. The molecule has 1 heterocycles. The molecule has 1 aromatic heterocycles. The van der Waals surface area contributed by atoms with Crippen molar-refractivity contribution < 1.29 is 4.92 Å². The highest BCUT2D eigenvalue weighted by atomic mass is 79.9. The average molecular weight is 277 g/mol. The lowest BCUT2D eigenvalue weighted by molar-refractivity contribution is -0.523. The summed E-state index contributed by atoms with van der Waals surface area (Å²) in [7, 11) is 0. The van der Waals surface area contributed by atoms with E-state index in [1.807, 2.05) is 0 Å². The van der Waals surface area contributed by atoms with Crippen LogP contribution in [0.25, 0.3) is 0 Å². The molecular weight excluding hydrogens is 264 g/mol. The molecule has 0 aliphatic heterocycles. The van der Waals surface area contributed by atoms with Crippen molar-refractivity contribution in [2.75, 3.05) is 11.9 Å². The van der Waals surface area contributed by atoms with Crippen LogP contribution in [-0.4, -0.2) is 32.8 Å². The molecule has 0 aliphatic carbocycles. The number of nitro groups is 1.